The first kappa shape index (κ1) is 15.7. The predicted octanol–water partition coefficient (Wildman–Crippen LogP) is 2.78. The van der Waals surface area contributed by atoms with Gasteiger partial charge in [0.2, 0.25) is 0 Å². The van der Waals surface area contributed by atoms with Crippen LogP contribution in [-0.4, -0.2) is 60.2 Å². The van der Waals surface area contributed by atoms with Gasteiger partial charge in [0, 0.05) is 49.6 Å². The highest BCUT2D eigenvalue weighted by Gasteiger charge is 2.62. The van der Waals surface area contributed by atoms with Gasteiger partial charge in [0.15, 0.2) is 0 Å². The van der Waals surface area contributed by atoms with Crippen LogP contribution in [0.4, 0.5) is 0 Å². The van der Waals surface area contributed by atoms with Gasteiger partial charge in [-0.2, -0.15) is 0 Å². The van der Waals surface area contributed by atoms with Crippen molar-refractivity contribution in [3.8, 4) is 0 Å². The average Bonchev–Trinajstić information content (AvgIpc) is 3.24. The number of benzene rings is 1. The highest BCUT2D eigenvalue weighted by atomic mass is 16.5. The van der Waals surface area contributed by atoms with Gasteiger partial charge in [0.05, 0.1) is 17.2 Å². The smallest absolute Gasteiger partial charge is 0.0858 e. The topological polar surface area (TPSA) is 28.6 Å². The lowest BCUT2D eigenvalue weighted by Crippen LogP contribution is -2.40. The predicted molar refractivity (Wildman–Crippen MR) is 99.4 cm³/mol. The summed E-state index contributed by atoms with van der Waals surface area (Å²) in [5.74, 6) is 1.41. The average molecular weight is 337 g/mol. The van der Waals surface area contributed by atoms with Crippen LogP contribution in [0, 0.1) is 11.8 Å². The van der Waals surface area contributed by atoms with E-state index in [1.807, 2.05) is 12.3 Å². The SMILES string of the molecule is CN(C)C[C@H]1[C@H]2CN(Cc3ccc4ncccc4c3)C[C@]23CC[C@H]1O3. The van der Waals surface area contributed by atoms with Crippen LogP contribution >= 0.6 is 0 Å². The van der Waals surface area contributed by atoms with Crippen molar-refractivity contribution in [3.05, 3.63) is 42.1 Å². The number of fused-ring (bicyclic) bond motifs is 2. The van der Waals surface area contributed by atoms with Crippen molar-refractivity contribution < 1.29 is 4.74 Å². The van der Waals surface area contributed by atoms with E-state index in [0.717, 1.165) is 25.2 Å². The Balaban J connectivity index is 1.34. The van der Waals surface area contributed by atoms with Crippen LogP contribution in [0.1, 0.15) is 18.4 Å². The van der Waals surface area contributed by atoms with Gasteiger partial charge in [-0.25, -0.2) is 0 Å². The zero-order chi connectivity index (χ0) is 17.0. The van der Waals surface area contributed by atoms with Crippen molar-refractivity contribution in [1.29, 1.82) is 0 Å². The maximum absolute atomic E-state index is 6.56. The summed E-state index contributed by atoms with van der Waals surface area (Å²) in [6, 6.07) is 10.8. The van der Waals surface area contributed by atoms with E-state index in [9.17, 15) is 0 Å². The number of likely N-dealkylation sites (tertiary alicyclic amines) is 1. The fourth-order valence-corrected chi connectivity index (χ4v) is 5.55. The van der Waals surface area contributed by atoms with E-state index < -0.39 is 0 Å². The van der Waals surface area contributed by atoms with Crippen LogP contribution in [0.15, 0.2) is 36.5 Å². The van der Waals surface area contributed by atoms with Gasteiger partial charge in [0.25, 0.3) is 0 Å². The minimum atomic E-state index is 0.143. The Morgan fingerprint density at radius 3 is 3.12 bits per heavy atom. The van der Waals surface area contributed by atoms with Crippen LogP contribution in [0.2, 0.25) is 0 Å². The van der Waals surface area contributed by atoms with Gasteiger partial charge >= 0.3 is 0 Å². The number of rotatable bonds is 4. The molecule has 3 aliphatic heterocycles. The Morgan fingerprint density at radius 1 is 1.32 bits per heavy atom. The molecule has 3 saturated heterocycles. The number of ether oxygens (including phenoxy) is 1. The number of aromatic nitrogens is 1. The highest BCUT2D eigenvalue weighted by Crippen LogP contribution is 2.55. The Morgan fingerprint density at radius 2 is 2.24 bits per heavy atom. The van der Waals surface area contributed by atoms with Crippen molar-refractivity contribution >= 4 is 10.9 Å². The Labute approximate surface area is 149 Å². The van der Waals surface area contributed by atoms with Gasteiger partial charge < -0.3 is 9.64 Å². The molecule has 5 rings (SSSR count). The summed E-state index contributed by atoms with van der Waals surface area (Å²) in [4.78, 5) is 9.38. The maximum Gasteiger partial charge on any atom is 0.0858 e. The summed E-state index contributed by atoms with van der Waals surface area (Å²) in [7, 11) is 4.38. The molecule has 0 radical (unpaired) electrons. The van der Waals surface area contributed by atoms with Gasteiger partial charge in [-0.05, 0) is 50.7 Å². The highest BCUT2D eigenvalue weighted by molar-refractivity contribution is 5.78. The van der Waals surface area contributed by atoms with E-state index in [4.69, 9.17) is 4.74 Å². The normalized spacial score (nSPS) is 34.3. The molecule has 4 nitrogen and oxygen atoms in total. The first-order valence-electron chi connectivity index (χ1n) is 9.52. The number of hydrogen-bond acceptors (Lipinski definition) is 4. The van der Waals surface area contributed by atoms with Crippen molar-refractivity contribution in [2.75, 3.05) is 33.7 Å². The molecule has 3 fully saturated rings. The van der Waals surface area contributed by atoms with Crippen LogP contribution in [0.25, 0.3) is 10.9 Å². The molecule has 1 spiro atoms. The lowest BCUT2D eigenvalue weighted by atomic mass is 9.73. The fraction of sp³-hybridized carbons (Fsp3) is 0.571. The number of nitrogens with zero attached hydrogens (tertiary/aromatic N) is 3. The van der Waals surface area contributed by atoms with Crippen molar-refractivity contribution in [1.82, 2.24) is 14.8 Å². The van der Waals surface area contributed by atoms with Crippen molar-refractivity contribution in [2.45, 2.75) is 31.1 Å². The lowest BCUT2D eigenvalue weighted by molar-refractivity contribution is 0.00145. The molecule has 1 aromatic carbocycles. The quantitative estimate of drug-likeness (QED) is 0.858. The molecule has 4 atom stereocenters. The molecule has 0 unspecified atom stereocenters. The van der Waals surface area contributed by atoms with Gasteiger partial charge in [-0.3, -0.25) is 9.88 Å². The first-order chi connectivity index (χ1) is 12.1. The standard InChI is InChI=1S/C21H27N3O/c1-23(2)12-17-18-13-24(14-21(18)8-7-20(17)25-21)11-15-5-6-19-16(10-15)4-3-9-22-19/h3-6,9-10,17-18,20H,7-8,11-14H2,1-2H3/t17-,18+,20+,21+/m0/s1. The molecule has 2 bridgehead atoms. The zero-order valence-corrected chi connectivity index (χ0v) is 15.2. The summed E-state index contributed by atoms with van der Waals surface area (Å²) < 4.78 is 6.56. The zero-order valence-electron chi connectivity index (χ0n) is 15.2. The van der Waals surface area contributed by atoms with E-state index in [1.165, 1.54) is 30.3 Å². The second-order valence-corrected chi connectivity index (χ2v) is 8.49. The van der Waals surface area contributed by atoms with Crippen molar-refractivity contribution in [3.63, 3.8) is 0 Å². The molecule has 25 heavy (non-hydrogen) atoms. The summed E-state index contributed by atoms with van der Waals surface area (Å²) in [6.45, 7) is 4.46. The Kier molecular flexibility index (Phi) is 3.63. The Bertz CT molecular complexity index is 792. The number of pyridine rings is 1. The summed E-state index contributed by atoms with van der Waals surface area (Å²) in [5.41, 5.74) is 2.61. The van der Waals surface area contributed by atoms with Crippen LogP contribution in [0.5, 0.6) is 0 Å². The van der Waals surface area contributed by atoms with Crippen LogP contribution in [0.3, 0.4) is 0 Å². The van der Waals surface area contributed by atoms with E-state index >= 15 is 0 Å². The monoisotopic (exact) mass is 337 g/mol. The second-order valence-electron chi connectivity index (χ2n) is 8.49. The third-order valence-corrected chi connectivity index (χ3v) is 6.50. The molecule has 4 heteroatoms. The molecule has 0 aliphatic carbocycles. The molecule has 0 amide bonds. The molecule has 1 aromatic heterocycles. The van der Waals surface area contributed by atoms with E-state index in [0.29, 0.717) is 17.9 Å². The minimum absolute atomic E-state index is 0.143. The fourth-order valence-electron chi connectivity index (χ4n) is 5.55. The van der Waals surface area contributed by atoms with Gasteiger partial charge in [-0.15, -0.1) is 0 Å². The van der Waals surface area contributed by atoms with Crippen LogP contribution in [-0.2, 0) is 11.3 Å². The summed E-state index contributed by atoms with van der Waals surface area (Å²) in [5, 5.41) is 1.24. The van der Waals surface area contributed by atoms with E-state index in [1.54, 1.807) is 0 Å². The van der Waals surface area contributed by atoms with Crippen molar-refractivity contribution in [2.24, 2.45) is 11.8 Å². The Hall–Kier alpha value is -1.49. The van der Waals surface area contributed by atoms with Gasteiger partial charge in [-0.1, -0.05) is 12.1 Å². The minimum Gasteiger partial charge on any atom is -0.370 e. The van der Waals surface area contributed by atoms with E-state index in [-0.39, 0.29) is 5.60 Å². The molecular weight excluding hydrogens is 310 g/mol. The number of hydrogen-bond donors (Lipinski definition) is 0. The van der Waals surface area contributed by atoms with E-state index in [2.05, 4.69) is 53.1 Å². The second kappa shape index (κ2) is 5.76. The maximum atomic E-state index is 6.56. The molecule has 3 aliphatic rings. The summed E-state index contributed by atoms with van der Waals surface area (Å²) >= 11 is 0. The molecule has 0 N–H and O–H groups in total. The summed E-state index contributed by atoms with van der Waals surface area (Å²) in [6.07, 6.45) is 4.87. The first-order valence-corrected chi connectivity index (χ1v) is 9.52. The third kappa shape index (κ3) is 2.59. The van der Waals surface area contributed by atoms with Gasteiger partial charge in [0.1, 0.15) is 0 Å². The molecular formula is C21H27N3O. The molecule has 2 aromatic rings. The largest absolute Gasteiger partial charge is 0.370 e. The molecule has 4 heterocycles. The van der Waals surface area contributed by atoms with Crippen LogP contribution < -0.4 is 0 Å². The molecule has 132 valence electrons. The lowest BCUT2D eigenvalue weighted by Gasteiger charge is -2.31. The molecule has 0 saturated carbocycles. The third-order valence-electron chi connectivity index (χ3n) is 6.50.